The van der Waals surface area contributed by atoms with Gasteiger partial charge in [0.25, 0.3) is 5.91 Å². The lowest BCUT2D eigenvalue weighted by Crippen LogP contribution is -2.42. The Labute approximate surface area is 152 Å². The van der Waals surface area contributed by atoms with Gasteiger partial charge in [-0.2, -0.15) is 0 Å². The third-order valence-electron chi connectivity index (χ3n) is 4.31. The first kappa shape index (κ1) is 17.9. The molecule has 0 radical (unpaired) electrons. The van der Waals surface area contributed by atoms with Gasteiger partial charge in [0, 0.05) is 0 Å². The minimum atomic E-state index is -1.24. The molecular formula is C20H22N2O4. The minimum Gasteiger partial charge on any atom is -0.459 e. The van der Waals surface area contributed by atoms with Crippen molar-refractivity contribution in [3.8, 4) is 0 Å². The average molecular weight is 354 g/mol. The molecule has 0 spiro atoms. The lowest BCUT2D eigenvalue weighted by molar-refractivity contribution is -0.157. The van der Waals surface area contributed by atoms with E-state index in [9.17, 15) is 14.4 Å². The van der Waals surface area contributed by atoms with E-state index < -0.39 is 35.6 Å². The summed E-state index contributed by atoms with van der Waals surface area (Å²) in [5.74, 6) is -1.09. The maximum atomic E-state index is 13.0. The fourth-order valence-electron chi connectivity index (χ4n) is 3.19. The van der Waals surface area contributed by atoms with Crippen molar-refractivity contribution in [3.63, 3.8) is 0 Å². The number of imide groups is 1. The molecule has 1 aliphatic rings. The number of hydrogen-bond donors (Lipinski definition) is 1. The monoisotopic (exact) mass is 354 g/mol. The van der Waals surface area contributed by atoms with Crippen LogP contribution >= 0.6 is 0 Å². The van der Waals surface area contributed by atoms with Crippen LogP contribution in [0.1, 0.15) is 33.3 Å². The quantitative estimate of drug-likeness (QED) is 0.679. The zero-order valence-electron chi connectivity index (χ0n) is 15.3. The highest BCUT2D eigenvalue weighted by Crippen LogP contribution is 2.33. The molecule has 0 unspecified atom stereocenters. The number of esters is 1. The predicted molar refractivity (Wildman–Crippen MR) is 97.4 cm³/mol. The van der Waals surface area contributed by atoms with E-state index in [0.29, 0.717) is 5.56 Å². The van der Waals surface area contributed by atoms with E-state index in [1.165, 1.54) is 0 Å². The molecule has 3 rings (SSSR count). The van der Waals surface area contributed by atoms with Crippen LogP contribution in [-0.2, 0) is 19.9 Å². The summed E-state index contributed by atoms with van der Waals surface area (Å²) < 4.78 is 5.23. The maximum absolute atomic E-state index is 13.0. The van der Waals surface area contributed by atoms with Gasteiger partial charge in [-0.1, -0.05) is 42.5 Å². The summed E-state index contributed by atoms with van der Waals surface area (Å²) in [6.45, 7) is 6.44. The number of amides is 3. The largest absolute Gasteiger partial charge is 0.459 e. The summed E-state index contributed by atoms with van der Waals surface area (Å²) in [6, 6.07) is 12.7. The van der Waals surface area contributed by atoms with Crippen LogP contribution in [0.5, 0.6) is 0 Å². The number of rotatable bonds is 3. The zero-order chi connectivity index (χ0) is 19.1. The molecule has 1 aliphatic heterocycles. The topological polar surface area (TPSA) is 75.7 Å². The van der Waals surface area contributed by atoms with Gasteiger partial charge in [0.15, 0.2) is 0 Å². The SMILES string of the molecule is CC(C)(C)OC(=O)CN1C(=O)N[C@](C)(c2cccc3ccccc23)C1=O. The number of ether oxygens (including phenoxy) is 1. The second-order valence-electron chi connectivity index (χ2n) is 7.56. The van der Waals surface area contributed by atoms with Crippen molar-refractivity contribution in [3.05, 3.63) is 48.0 Å². The summed E-state index contributed by atoms with van der Waals surface area (Å²) in [5.41, 5.74) is -1.23. The smallest absolute Gasteiger partial charge is 0.326 e. The maximum Gasteiger partial charge on any atom is 0.326 e. The van der Waals surface area contributed by atoms with E-state index in [1.54, 1.807) is 27.7 Å². The Morgan fingerprint density at radius 1 is 1.12 bits per heavy atom. The third-order valence-corrected chi connectivity index (χ3v) is 4.31. The van der Waals surface area contributed by atoms with Gasteiger partial charge in [-0.15, -0.1) is 0 Å². The standard InChI is InChI=1S/C20H22N2O4/c1-19(2,3)26-16(23)12-22-17(24)20(4,21-18(22)25)15-11-7-9-13-8-5-6-10-14(13)15/h5-11H,12H2,1-4H3,(H,21,25)/t20-/m1/s1. The fraction of sp³-hybridized carbons (Fsp3) is 0.350. The Morgan fingerprint density at radius 2 is 1.77 bits per heavy atom. The summed E-state index contributed by atoms with van der Waals surface area (Å²) in [4.78, 5) is 38.4. The molecular weight excluding hydrogens is 332 g/mol. The third kappa shape index (κ3) is 3.14. The lowest BCUT2D eigenvalue weighted by atomic mass is 9.88. The van der Waals surface area contributed by atoms with Crippen LogP contribution in [0.3, 0.4) is 0 Å². The van der Waals surface area contributed by atoms with Gasteiger partial charge in [-0.3, -0.25) is 14.5 Å². The fourth-order valence-corrected chi connectivity index (χ4v) is 3.19. The van der Waals surface area contributed by atoms with Crippen LogP contribution in [-0.4, -0.2) is 35.0 Å². The van der Waals surface area contributed by atoms with Gasteiger partial charge in [0.2, 0.25) is 0 Å². The van der Waals surface area contributed by atoms with Crippen LogP contribution in [0.15, 0.2) is 42.5 Å². The van der Waals surface area contributed by atoms with Crippen molar-refractivity contribution in [2.75, 3.05) is 6.54 Å². The van der Waals surface area contributed by atoms with Crippen LogP contribution in [0.2, 0.25) is 0 Å². The Bertz CT molecular complexity index is 895. The first-order valence-electron chi connectivity index (χ1n) is 8.46. The first-order chi connectivity index (χ1) is 12.1. The molecule has 2 aromatic rings. The molecule has 3 amide bonds. The average Bonchev–Trinajstić information content (AvgIpc) is 2.77. The molecule has 1 heterocycles. The van der Waals surface area contributed by atoms with Gasteiger partial charge >= 0.3 is 12.0 Å². The van der Waals surface area contributed by atoms with Crippen molar-refractivity contribution in [2.24, 2.45) is 0 Å². The van der Waals surface area contributed by atoms with Gasteiger partial charge < -0.3 is 10.1 Å². The second kappa shape index (κ2) is 6.12. The van der Waals surface area contributed by atoms with Crippen molar-refractivity contribution < 1.29 is 19.1 Å². The number of benzene rings is 2. The van der Waals surface area contributed by atoms with Crippen molar-refractivity contribution in [1.29, 1.82) is 0 Å². The Morgan fingerprint density at radius 3 is 2.46 bits per heavy atom. The predicted octanol–water partition coefficient (Wildman–Crippen LogP) is 2.95. The number of hydrogen-bond acceptors (Lipinski definition) is 4. The van der Waals surface area contributed by atoms with Crippen molar-refractivity contribution in [2.45, 2.75) is 38.8 Å². The Kier molecular flexibility index (Phi) is 4.22. The molecule has 6 nitrogen and oxygen atoms in total. The summed E-state index contributed by atoms with van der Waals surface area (Å²) in [7, 11) is 0. The van der Waals surface area contributed by atoms with E-state index in [2.05, 4.69) is 5.32 Å². The van der Waals surface area contributed by atoms with Crippen molar-refractivity contribution in [1.82, 2.24) is 10.2 Å². The molecule has 0 bridgehead atoms. The van der Waals surface area contributed by atoms with Gasteiger partial charge in [0.05, 0.1) is 0 Å². The van der Waals surface area contributed by atoms with E-state index in [4.69, 9.17) is 4.74 Å². The number of nitrogens with one attached hydrogen (secondary N) is 1. The molecule has 2 aromatic carbocycles. The highest BCUT2D eigenvalue weighted by atomic mass is 16.6. The van der Waals surface area contributed by atoms with Gasteiger partial charge in [-0.25, -0.2) is 4.79 Å². The number of urea groups is 1. The molecule has 0 aromatic heterocycles. The number of carbonyl (C=O) groups is 3. The van der Waals surface area contributed by atoms with Crippen LogP contribution < -0.4 is 5.32 Å². The normalized spacial score (nSPS) is 20.4. The molecule has 1 atom stereocenters. The molecule has 0 saturated carbocycles. The molecule has 136 valence electrons. The van der Waals surface area contributed by atoms with Crippen LogP contribution in [0, 0.1) is 0 Å². The Hall–Kier alpha value is -2.89. The van der Waals surface area contributed by atoms with Crippen LogP contribution in [0.25, 0.3) is 10.8 Å². The molecule has 6 heteroatoms. The molecule has 1 fully saturated rings. The molecule has 26 heavy (non-hydrogen) atoms. The van der Waals surface area contributed by atoms with Gasteiger partial charge in [-0.05, 0) is 44.0 Å². The van der Waals surface area contributed by atoms with Gasteiger partial charge in [0.1, 0.15) is 17.7 Å². The highest BCUT2D eigenvalue weighted by Gasteiger charge is 2.50. The van der Waals surface area contributed by atoms with E-state index in [1.807, 2.05) is 42.5 Å². The summed E-state index contributed by atoms with van der Waals surface area (Å²) in [6.07, 6.45) is 0. The number of fused-ring (bicyclic) bond motifs is 1. The second-order valence-corrected chi connectivity index (χ2v) is 7.56. The lowest BCUT2D eigenvalue weighted by Gasteiger charge is -2.24. The zero-order valence-corrected chi connectivity index (χ0v) is 15.3. The number of carbonyl (C=O) groups excluding carboxylic acids is 3. The molecule has 1 saturated heterocycles. The van der Waals surface area contributed by atoms with E-state index >= 15 is 0 Å². The first-order valence-corrected chi connectivity index (χ1v) is 8.46. The Balaban J connectivity index is 1.93. The summed E-state index contributed by atoms with van der Waals surface area (Å²) in [5, 5.41) is 4.59. The molecule has 1 N–H and O–H groups in total. The van der Waals surface area contributed by atoms with E-state index in [-0.39, 0.29) is 0 Å². The highest BCUT2D eigenvalue weighted by molar-refractivity contribution is 6.10. The van der Waals surface area contributed by atoms with Crippen molar-refractivity contribution >= 4 is 28.7 Å². The van der Waals surface area contributed by atoms with Crippen LogP contribution in [0.4, 0.5) is 4.79 Å². The molecule has 0 aliphatic carbocycles. The van der Waals surface area contributed by atoms with E-state index in [0.717, 1.165) is 15.7 Å². The number of nitrogens with zero attached hydrogens (tertiary/aromatic N) is 1. The summed E-state index contributed by atoms with van der Waals surface area (Å²) >= 11 is 0. The minimum absolute atomic E-state index is 0.414.